The third-order valence-electron chi connectivity index (χ3n) is 3.78. The van der Waals surface area contributed by atoms with Crippen LogP contribution < -0.4 is 11.1 Å². The Labute approximate surface area is 149 Å². The number of fused-ring (bicyclic) bond motifs is 1. The van der Waals surface area contributed by atoms with Crippen LogP contribution in [0.3, 0.4) is 0 Å². The maximum atomic E-state index is 12.2. The number of thiophene rings is 1. The largest absolute Gasteiger partial charge is 0.351 e. The Morgan fingerprint density at radius 3 is 2.96 bits per heavy atom. The number of nitrogens with one attached hydrogen (secondary N) is 1. The SMILES string of the molecule is Cc1nn(Cc2ccccc2Cl)c2sc(C(=O)NCCCN)cc12. The first kappa shape index (κ1) is 17.0. The van der Waals surface area contributed by atoms with E-state index in [0.29, 0.717) is 24.5 Å². The first-order valence-electron chi connectivity index (χ1n) is 7.78. The monoisotopic (exact) mass is 362 g/mol. The minimum absolute atomic E-state index is 0.0617. The number of amides is 1. The molecule has 1 aromatic carbocycles. The highest BCUT2D eigenvalue weighted by molar-refractivity contribution is 7.20. The molecule has 0 saturated heterocycles. The molecular formula is C17H19ClN4OS. The number of nitrogens with two attached hydrogens (primary N) is 1. The summed E-state index contributed by atoms with van der Waals surface area (Å²) < 4.78 is 1.91. The zero-order valence-electron chi connectivity index (χ0n) is 13.4. The molecule has 0 spiro atoms. The number of benzene rings is 1. The van der Waals surface area contributed by atoms with Crippen LogP contribution in [0, 0.1) is 6.92 Å². The number of aromatic nitrogens is 2. The summed E-state index contributed by atoms with van der Waals surface area (Å²) in [7, 11) is 0. The van der Waals surface area contributed by atoms with Gasteiger partial charge in [0.15, 0.2) is 0 Å². The molecule has 0 fully saturated rings. The van der Waals surface area contributed by atoms with Gasteiger partial charge in [0.05, 0.1) is 17.1 Å². The van der Waals surface area contributed by atoms with Crippen molar-refractivity contribution in [1.29, 1.82) is 0 Å². The van der Waals surface area contributed by atoms with Crippen LogP contribution in [0.15, 0.2) is 30.3 Å². The van der Waals surface area contributed by atoms with E-state index in [9.17, 15) is 4.79 Å². The lowest BCUT2D eigenvalue weighted by molar-refractivity contribution is 0.0957. The number of aryl methyl sites for hydroxylation is 1. The van der Waals surface area contributed by atoms with Gasteiger partial charge in [0.2, 0.25) is 0 Å². The lowest BCUT2D eigenvalue weighted by Gasteiger charge is -2.05. The second kappa shape index (κ2) is 7.34. The van der Waals surface area contributed by atoms with Crippen molar-refractivity contribution in [3.05, 3.63) is 51.5 Å². The lowest BCUT2D eigenvalue weighted by Crippen LogP contribution is -2.25. The highest BCUT2D eigenvalue weighted by Gasteiger charge is 2.16. The molecule has 0 aliphatic heterocycles. The summed E-state index contributed by atoms with van der Waals surface area (Å²) in [5.74, 6) is -0.0617. The number of hydrogen-bond donors (Lipinski definition) is 2. The Morgan fingerprint density at radius 1 is 1.42 bits per heavy atom. The maximum absolute atomic E-state index is 12.2. The van der Waals surface area contributed by atoms with E-state index in [2.05, 4.69) is 10.4 Å². The van der Waals surface area contributed by atoms with Crippen LogP contribution in [0.5, 0.6) is 0 Å². The zero-order chi connectivity index (χ0) is 17.1. The van der Waals surface area contributed by atoms with Crippen LogP contribution in [-0.2, 0) is 6.54 Å². The summed E-state index contributed by atoms with van der Waals surface area (Å²) in [6, 6.07) is 9.63. The average Bonchev–Trinajstić information content (AvgIpc) is 3.12. The fourth-order valence-corrected chi connectivity index (χ4v) is 3.78. The van der Waals surface area contributed by atoms with Gasteiger partial charge in [-0.1, -0.05) is 29.8 Å². The van der Waals surface area contributed by atoms with E-state index in [4.69, 9.17) is 17.3 Å². The summed E-state index contributed by atoms with van der Waals surface area (Å²) >= 11 is 7.70. The summed E-state index contributed by atoms with van der Waals surface area (Å²) in [5, 5.41) is 9.20. The molecule has 3 rings (SSSR count). The highest BCUT2D eigenvalue weighted by atomic mass is 35.5. The smallest absolute Gasteiger partial charge is 0.261 e. The van der Waals surface area contributed by atoms with Gasteiger partial charge in [-0.3, -0.25) is 9.48 Å². The second-order valence-electron chi connectivity index (χ2n) is 5.56. The first-order chi connectivity index (χ1) is 11.6. The van der Waals surface area contributed by atoms with Gasteiger partial charge in [0, 0.05) is 17.0 Å². The van der Waals surface area contributed by atoms with Crippen LogP contribution in [-0.4, -0.2) is 28.8 Å². The standard InChI is InChI=1S/C17H19ClN4OS/c1-11-13-9-15(16(23)20-8-4-7-19)24-17(13)22(21-11)10-12-5-2-3-6-14(12)18/h2-3,5-6,9H,4,7-8,10,19H2,1H3,(H,20,23). The molecule has 7 heteroatoms. The van der Waals surface area contributed by atoms with Crippen molar-refractivity contribution in [2.75, 3.05) is 13.1 Å². The molecule has 5 nitrogen and oxygen atoms in total. The molecule has 2 aromatic heterocycles. The van der Waals surface area contributed by atoms with E-state index in [1.54, 1.807) is 0 Å². The number of carbonyl (C=O) groups is 1. The van der Waals surface area contributed by atoms with Crippen molar-refractivity contribution < 1.29 is 4.79 Å². The number of hydrogen-bond acceptors (Lipinski definition) is 4. The Bertz CT molecular complexity index is 871. The lowest BCUT2D eigenvalue weighted by atomic mass is 10.2. The minimum atomic E-state index is -0.0617. The van der Waals surface area contributed by atoms with Crippen molar-refractivity contribution >= 4 is 39.1 Å². The van der Waals surface area contributed by atoms with Crippen LogP contribution in [0.2, 0.25) is 5.02 Å². The van der Waals surface area contributed by atoms with Crippen LogP contribution in [0.25, 0.3) is 10.2 Å². The van der Waals surface area contributed by atoms with Crippen molar-refractivity contribution in [1.82, 2.24) is 15.1 Å². The molecule has 0 aliphatic carbocycles. The molecule has 24 heavy (non-hydrogen) atoms. The second-order valence-corrected chi connectivity index (χ2v) is 7.00. The Hall–Kier alpha value is -1.89. The average molecular weight is 363 g/mol. The zero-order valence-corrected chi connectivity index (χ0v) is 15.0. The van der Waals surface area contributed by atoms with Gasteiger partial charge in [0.1, 0.15) is 4.83 Å². The number of carbonyl (C=O) groups excluding carboxylic acids is 1. The fraction of sp³-hybridized carbons (Fsp3) is 0.294. The Balaban J connectivity index is 1.87. The van der Waals surface area contributed by atoms with Gasteiger partial charge in [-0.05, 0) is 37.6 Å². The third kappa shape index (κ3) is 3.45. The Morgan fingerprint density at radius 2 is 2.21 bits per heavy atom. The van der Waals surface area contributed by atoms with Gasteiger partial charge in [-0.15, -0.1) is 11.3 Å². The molecular weight excluding hydrogens is 344 g/mol. The number of rotatable bonds is 6. The molecule has 126 valence electrons. The molecule has 0 atom stereocenters. The molecule has 2 heterocycles. The molecule has 0 unspecified atom stereocenters. The Kier molecular flexibility index (Phi) is 5.18. The predicted octanol–water partition coefficient (Wildman–Crippen LogP) is 3.19. The van der Waals surface area contributed by atoms with Gasteiger partial charge >= 0.3 is 0 Å². The molecule has 3 N–H and O–H groups in total. The quantitative estimate of drug-likeness (QED) is 0.661. The maximum Gasteiger partial charge on any atom is 0.261 e. The fourth-order valence-electron chi connectivity index (χ4n) is 2.51. The molecule has 0 saturated carbocycles. The summed E-state index contributed by atoms with van der Waals surface area (Å²) in [5.41, 5.74) is 7.37. The van der Waals surface area contributed by atoms with Gasteiger partial charge in [-0.25, -0.2) is 0 Å². The minimum Gasteiger partial charge on any atom is -0.351 e. The summed E-state index contributed by atoms with van der Waals surface area (Å²) in [6.07, 6.45) is 0.774. The van der Waals surface area contributed by atoms with Crippen LogP contribution in [0.1, 0.15) is 27.3 Å². The normalized spacial score (nSPS) is 11.1. The predicted molar refractivity (Wildman–Crippen MR) is 98.9 cm³/mol. The summed E-state index contributed by atoms with van der Waals surface area (Å²) in [4.78, 5) is 13.9. The van der Waals surface area contributed by atoms with Crippen molar-refractivity contribution in [3.63, 3.8) is 0 Å². The van der Waals surface area contributed by atoms with Crippen LogP contribution in [0.4, 0.5) is 0 Å². The van der Waals surface area contributed by atoms with Crippen molar-refractivity contribution in [2.45, 2.75) is 19.9 Å². The van der Waals surface area contributed by atoms with E-state index in [1.165, 1.54) is 11.3 Å². The first-order valence-corrected chi connectivity index (χ1v) is 8.98. The molecule has 1 amide bonds. The van der Waals surface area contributed by atoms with Crippen molar-refractivity contribution in [2.24, 2.45) is 5.73 Å². The van der Waals surface area contributed by atoms with Gasteiger partial charge in [0.25, 0.3) is 5.91 Å². The van der Waals surface area contributed by atoms with E-state index in [-0.39, 0.29) is 5.91 Å². The van der Waals surface area contributed by atoms with Gasteiger partial charge < -0.3 is 11.1 Å². The van der Waals surface area contributed by atoms with E-state index in [0.717, 1.165) is 32.9 Å². The van der Waals surface area contributed by atoms with Crippen LogP contribution >= 0.6 is 22.9 Å². The molecule has 0 bridgehead atoms. The van der Waals surface area contributed by atoms with Crippen molar-refractivity contribution in [3.8, 4) is 0 Å². The number of nitrogens with zero attached hydrogens (tertiary/aromatic N) is 2. The summed E-state index contributed by atoms with van der Waals surface area (Å²) in [6.45, 7) is 3.69. The van der Waals surface area contributed by atoms with E-state index in [1.807, 2.05) is 41.9 Å². The van der Waals surface area contributed by atoms with E-state index >= 15 is 0 Å². The number of halogens is 1. The highest BCUT2D eigenvalue weighted by Crippen LogP contribution is 2.29. The topological polar surface area (TPSA) is 72.9 Å². The molecule has 0 radical (unpaired) electrons. The van der Waals surface area contributed by atoms with Gasteiger partial charge in [-0.2, -0.15) is 5.10 Å². The molecule has 3 aromatic rings. The van der Waals surface area contributed by atoms with E-state index < -0.39 is 0 Å². The molecule has 0 aliphatic rings. The third-order valence-corrected chi connectivity index (χ3v) is 5.29.